The van der Waals surface area contributed by atoms with Crippen molar-refractivity contribution < 1.29 is 9.47 Å². The minimum atomic E-state index is 0.268. The van der Waals surface area contributed by atoms with Gasteiger partial charge in [0.25, 0.3) is 0 Å². The van der Waals surface area contributed by atoms with Crippen LogP contribution in [0.25, 0.3) is 11.3 Å². The Kier molecular flexibility index (Phi) is 4.25. The van der Waals surface area contributed by atoms with E-state index in [0.717, 1.165) is 37.3 Å². The first-order valence-electron chi connectivity index (χ1n) is 7.03. The predicted molar refractivity (Wildman–Crippen MR) is 79.3 cm³/mol. The lowest BCUT2D eigenvalue weighted by atomic mass is 10.2. The van der Waals surface area contributed by atoms with Gasteiger partial charge >= 0.3 is 0 Å². The Morgan fingerprint density at radius 2 is 2.19 bits per heavy atom. The van der Waals surface area contributed by atoms with Crippen LogP contribution in [0.3, 0.4) is 0 Å². The van der Waals surface area contributed by atoms with Gasteiger partial charge in [-0.1, -0.05) is 0 Å². The molecule has 1 unspecified atom stereocenters. The lowest BCUT2D eigenvalue weighted by Crippen LogP contribution is -2.19. The molecule has 0 aromatic carbocycles. The summed E-state index contributed by atoms with van der Waals surface area (Å²) in [6.45, 7) is 1.60. The van der Waals surface area contributed by atoms with Crippen molar-refractivity contribution in [3.05, 3.63) is 30.7 Å². The molecule has 1 aliphatic heterocycles. The Labute approximate surface area is 123 Å². The maximum atomic E-state index is 5.55. The van der Waals surface area contributed by atoms with Crippen LogP contribution in [0.1, 0.15) is 12.8 Å². The molecule has 2 aromatic rings. The van der Waals surface area contributed by atoms with E-state index in [1.165, 1.54) is 0 Å². The fourth-order valence-corrected chi connectivity index (χ4v) is 2.32. The second kappa shape index (κ2) is 6.49. The number of nitrogens with one attached hydrogen (secondary N) is 1. The van der Waals surface area contributed by atoms with Crippen LogP contribution >= 0.6 is 0 Å². The van der Waals surface area contributed by atoms with Crippen LogP contribution in [0, 0.1) is 0 Å². The summed E-state index contributed by atoms with van der Waals surface area (Å²) in [5, 5.41) is 3.19. The molecule has 3 rings (SSSR count). The summed E-state index contributed by atoms with van der Waals surface area (Å²) in [4.78, 5) is 12.9. The van der Waals surface area contributed by atoms with Crippen molar-refractivity contribution in [1.29, 1.82) is 0 Å². The Balaban J connectivity index is 1.68. The number of nitrogens with zero attached hydrogens (tertiary/aromatic N) is 3. The van der Waals surface area contributed by atoms with Gasteiger partial charge in [-0.15, -0.1) is 0 Å². The molecule has 0 aliphatic carbocycles. The molecule has 2 aromatic heterocycles. The summed E-state index contributed by atoms with van der Waals surface area (Å²) in [5.41, 5.74) is 1.57. The molecule has 21 heavy (non-hydrogen) atoms. The van der Waals surface area contributed by atoms with Crippen molar-refractivity contribution in [1.82, 2.24) is 15.0 Å². The standard InChI is InChI=1S/C15H18N4O2/c1-20-13-5-2-6-16-14(13)11-8-17-15(18-9-11)19-10-12-4-3-7-21-12/h2,5-6,8-9,12H,3-4,7,10H2,1H3,(H,17,18,19). The topological polar surface area (TPSA) is 69.2 Å². The van der Waals surface area contributed by atoms with Gasteiger partial charge in [0, 0.05) is 37.3 Å². The van der Waals surface area contributed by atoms with E-state index in [0.29, 0.717) is 11.7 Å². The highest BCUT2D eigenvalue weighted by Crippen LogP contribution is 2.26. The smallest absolute Gasteiger partial charge is 0.222 e. The van der Waals surface area contributed by atoms with Crippen LogP contribution in [0.5, 0.6) is 5.75 Å². The number of hydrogen-bond donors (Lipinski definition) is 1. The summed E-state index contributed by atoms with van der Waals surface area (Å²) in [5.74, 6) is 1.31. The zero-order chi connectivity index (χ0) is 14.5. The molecule has 1 fully saturated rings. The third-order valence-electron chi connectivity index (χ3n) is 3.43. The lowest BCUT2D eigenvalue weighted by Gasteiger charge is -2.11. The number of anilines is 1. The van der Waals surface area contributed by atoms with E-state index < -0.39 is 0 Å². The van der Waals surface area contributed by atoms with E-state index >= 15 is 0 Å². The van der Waals surface area contributed by atoms with Gasteiger partial charge in [-0.3, -0.25) is 4.98 Å². The number of ether oxygens (including phenoxy) is 2. The molecular formula is C15H18N4O2. The third kappa shape index (κ3) is 3.28. The molecule has 0 spiro atoms. The van der Waals surface area contributed by atoms with E-state index in [2.05, 4.69) is 20.3 Å². The molecule has 6 heteroatoms. The quantitative estimate of drug-likeness (QED) is 0.908. The first-order valence-corrected chi connectivity index (χ1v) is 7.03. The average molecular weight is 286 g/mol. The first kappa shape index (κ1) is 13.8. The average Bonchev–Trinajstić information content (AvgIpc) is 3.07. The molecule has 1 atom stereocenters. The van der Waals surface area contributed by atoms with Gasteiger partial charge in [0.15, 0.2) is 0 Å². The van der Waals surface area contributed by atoms with Crippen LogP contribution in [0.2, 0.25) is 0 Å². The summed E-state index contributed by atoms with van der Waals surface area (Å²) in [6, 6.07) is 3.70. The van der Waals surface area contributed by atoms with E-state index in [-0.39, 0.29) is 6.10 Å². The third-order valence-corrected chi connectivity index (χ3v) is 3.43. The minimum absolute atomic E-state index is 0.268. The van der Waals surface area contributed by atoms with Gasteiger partial charge in [-0.25, -0.2) is 9.97 Å². The largest absolute Gasteiger partial charge is 0.494 e. The van der Waals surface area contributed by atoms with Crippen molar-refractivity contribution in [3.63, 3.8) is 0 Å². The lowest BCUT2D eigenvalue weighted by molar-refractivity contribution is 0.120. The molecule has 1 saturated heterocycles. The van der Waals surface area contributed by atoms with Crippen LogP contribution in [-0.4, -0.2) is 41.3 Å². The zero-order valence-electron chi connectivity index (χ0n) is 12.0. The van der Waals surface area contributed by atoms with Crippen LogP contribution in [-0.2, 0) is 4.74 Å². The molecule has 0 radical (unpaired) electrons. The van der Waals surface area contributed by atoms with Gasteiger partial charge in [-0.05, 0) is 25.0 Å². The molecule has 6 nitrogen and oxygen atoms in total. The SMILES string of the molecule is COc1cccnc1-c1cnc(NCC2CCCO2)nc1. The molecule has 0 saturated carbocycles. The fraction of sp³-hybridized carbons (Fsp3) is 0.400. The van der Waals surface area contributed by atoms with E-state index in [9.17, 15) is 0 Å². The molecule has 0 amide bonds. The summed E-state index contributed by atoms with van der Waals surface area (Å²) < 4.78 is 10.8. The number of aromatic nitrogens is 3. The summed E-state index contributed by atoms with van der Waals surface area (Å²) >= 11 is 0. The number of hydrogen-bond acceptors (Lipinski definition) is 6. The monoisotopic (exact) mass is 286 g/mol. The Bertz CT molecular complexity index is 582. The molecule has 3 heterocycles. The Hall–Kier alpha value is -2.21. The molecule has 1 aliphatic rings. The van der Waals surface area contributed by atoms with Gasteiger partial charge in [0.1, 0.15) is 11.4 Å². The van der Waals surface area contributed by atoms with Crippen molar-refractivity contribution >= 4 is 5.95 Å². The van der Waals surface area contributed by atoms with Crippen molar-refractivity contribution in [2.24, 2.45) is 0 Å². The highest BCUT2D eigenvalue weighted by Gasteiger charge is 2.15. The highest BCUT2D eigenvalue weighted by atomic mass is 16.5. The van der Waals surface area contributed by atoms with Gasteiger partial charge in [0.2, 0.25) is 5.95 Å². The second-order valence-corrected chi connectivity index (χ2v) is 4.87. The van der Waals surface area contributed by atoms with Gasteiger partial charge in [-0.2, -0.15) is 0 Å². The molecule has 110 valence electrons. The van der Waals surface area contributed by atoms with Crippen molar-refractivity contribution in [2.75, 3.05) is 25.6 Å². The second-order valence-electron chi connectivity index (χ2n) is 4.87. The normalized spacial score (nSPS) is 17.7. The first-order chi connectivity index (χ1) is 10.4. The van der Waals surface area contributed by atoms with E-state index in [4.69, 9.17) is 9.47 Å². The van der Waals surface area contributed by atoms with E-state index in [1.54, 1.807) is 25.7 Å². The predicted octanol–water partition coefficient (Wildman–Crippen LogP) is 2.14. The Morgan fingerprint density at radius 1 is 1.33 bits per heavy atom. The van der Waals surface area contributed by atoms with E-state index in [1.807, 2.05) is 12.1 Å². The molecule has 1 N–H and O–H groups in total. The summed E-state index contributed by atoms with van der Waals surface area (Å²) in [6.07, 6.45) is 7.71. The van der Waals surface area contributed by atoms with Crippen LogP contribution < -0.4 is 10.1 Å². The Morgan fingerprint density at radius 3 is 2.90 bits per heavy atom. The molecule has 0 bridgehead atoms. The van der Waals surface area contributed by atoms with Gasteiger partial charge < -0.3 is 14.8 Å². The number of pyridine rings is 1. The molecular weight excluding hydrogens is 268 g/mol. The maximum Gasteiger partial charge on any atom is 0.222 e. The minimum Gasteiger partial charge on any atom is -0.494 e. The van der Waals surface area contributed by atoms with Gasteiger partial charge in [0.05, 0.1) is 13.2 Å². The van der Waals surface area contributed by atoms with Crippen molar-refractivity contribution in [2.45, 2.75) is 18.9 Å². The number of rotatable bonds is 5. The number of methoxy groups -OCH3 is 1. The van der Waals surface area contributed by atoms with Crippen LogP contribution in [0.15, 0.2) is 30.7 Å². The van der Waals surface area contributed by atoms with Crippen LogP contribution in [0.4, 0.5) is 5.95 Å². The fourth-order valence-electron chi connectivity index (χ4n) is 2.32. The summed E-state index contributed by atoms with van der Waals surface area (Å²) in [7, 11) is 1.62. The highest BCUT2D eigenvalue weighted by molar-refractivity contribution is 5.64. The maximum absolute atomic E-state index is 5.55. The zero-order valence-corrected chi connectivity index (χ0v) is 12.0. The van der Waals surface area contributed by atoms with Crippen molar-refractivity contribution in [3.8, 4) is 17.0 Å².